The van der Waals surface area contributed by atoms with E-state index >= 15 is 0 Å². The fourth-order valence-electron chi connectivity index (χ4n) is 2.72. The lowest BCUT2D eigenvalue weighted by Crippen LogP contribution is -2.34. The lowest BCUT2D eigenvalue weighted by Gasteiger charge is -2.30. The predicted octanol–water partition coefficient (Wildman–Crippen LogP) is 3.10. The number of rotatable bonds is 5. The van der Waals surface area contributed by atoms with Crippen molar-refractivity contribution < 1.29 is 4.74 Å². The predicted molar refractivity (Wildman–Crippen MR) is 80.5 cm³/mol. The van der Waals surface area contributed by atoms with Crippen molar-refractivity contribution in [2.45, 2.75) is 44.8 Å². The van der Waals surface area contributed by atoms with Crippen molar-refractivity contribution in [2.75, 3.05) is 25.1 Å². The number of nitrogens with zero attached hydrogens (tertiary/aromatic N) is 1. The Hall–Kier alpha value is -1.06. The molecule has 0 spiro atoms. The third kappa shape index (κ3) is 3.71. The molecule has 3 heteroatoms. The van der Waals surface area contributed by atoms with Gasteiger partial charge in [0, 0.05) is 31.9 Å². The summed E-state index contributed by atoms with van der Waals surface area (Å²) in [5, 5.41) is 0. The topological polar surface area (TPSA) is 38.5 Å². The van der Waals surface area contributed by atoms with Crippen molar-refractivity contribution in [3.63, 3.8) is 0 Å². The molecule has 1 aliphatic rings. The molecular weight excluding hydrogens is 236 g/mol. The Morgan fingerprint density at radius 3 is 2.84 bits per heavy atom. The molecule has 1 aromatic rings. The zero-order chi connectivity index (χ0) is 13.7. The molecule has 1 aromatic carbocycles. The van der Waals surface area contributed by atoms with Crippen LogP contribution in [0.5, 0.6) is 0 Å². The van der Waals surface area contributed by atoms with Crippen LogP contribution in [0.1, 0.15) is 44.2 Å². The second kappa shape index (κ2) is 6.92. The highest BCUT2D eigenvalue weighted by atomic mass is 16.5. The molecule has 0 radical (unpaired) electrons. The van der Waals surface area contributed by atoms with Crippen molar-refractivity contribution in [1.82, 2.24) is 0 Å². The van der Waals surface area contributed by atoms with Gasteiger partial charge in [-0.1, -0.05) is 25.1 Å². The highest BCUT2D eigenvalue weighted by molar-refractivity contribution is 5.54. The number of nitrogens with two attached hydrogens (primary N) is 1. The fraction of sp³-hybridized carbons (Fsp3) is 0.625. The summed E-state index contributed by atoms with van der Waals surface area (Å²) in [6.45, 7) is 3.99. The minimum absolute atomic E-state index is 0.117. The second-order valence-electron chi connectivity index (χ2n) is 5.44. The van der Waals surface area contributed by atoms with Gasteiger partial charge in [-0.05, 0) is 37.3 Å². The van der Waals surface area contributed by atoms with Gasteiger partial charge in [-0.25, -0.2) is 0 Å². The molecule has 106 valence electrons. The Kier molecular flexibility index (Phi) is 5.23. The van der Waals surface area contributed by atoms with Gasteiger partial charge >= 0.3 is 0 Å². The van der Waals surface area contributed by atoms with Crippen LogP contribution in [0.2, 0.25) is 0 Å². The van der Waals surface area contributed by atoms with Gasteiger partial charge in [0.1, 0.15) is 0 Å². The highest BCUT2D eigenvalue weighted by Gasteiger charge is 2.18. The SMILES string of the molecule is CC[C@H](N)c1ccccc1N(C)CC1CCCCO1. The summed E-state index contributed by atoms with van der Waals surface area (Å²) < 4.78 is 5.82. The first-order valence-corrected chi connectivity index (χ1v) is 7.39. The van der Waals surface area contributed by atoms with Gasteiger partial charge in [-0.15, -0.1) is 0 Å². The molecule has 0 amide bonds. The first-order chi connectivity index (χ1) is 9.22. The molecule has 2 rings (SSSR count). The summed E-state index contributed by atoms with van der Waals surface area (Å²) in [6.07, 6.45) is 4.99. The van der Waals surface area contributed by atoms with E-state index in [-0.39, 0.29) is 6.04 Å². The molecule has 1 heterocycles. The van der Waals surface area contributed by atoms with E-state index in [1.54, 1.807) is 0 Å². The van der Waals surface area contributed by atoms with Crippen molar-refractivity contribution in [1.29, 1.82) is 0 Å². The molecule has 3 nitrogen and oxygen atoms in total. The van der Waals surface area contributed by atoms with Crippen LogP contribution in [-0.4, -0.2) is 26.3 Å². The van der Waals surface area contributed by atoms with E-state index in [2.05, 4.69) is 43.1 Å². The van der Waals surface area contributed by atoms with Gasteiger partial charge in [0.05, 0.1) is 6.10 Å². The Balaban J connectivity index is 2.07. The molecule has 0 saturated carbocycles. The van der Waals surface area contributed by atoms with E-state index in [1.165, 1.54) is 30.5 Å². The van der Waals surface area contributed by atoms with Crippen molar-refractivity contribution in [2.24, 2.45) is 5.73 Å². The fourth-order valence-corrected chi connectivity index (χ4v) is 2.72. The molecule has 19 heavy (non-hydrogen) atoms. The summed E-state index contributed by atoms with van der Waals surface area (Å²) >= 11 is 0. The average Bonchev–Trinajstić information content (AvgIpc) is 2.47. The van der Waals surface area contributed by atoms with E-state index < -0.39 is 0 Å². The second-order valence-corrected chi connectivity index (χ2v) is 5.44. The third-order valence-corrected chi connectivity index (χ3v) is 3.94. The Morgan fingerprint density at radius 2 is 2.16 bits per heavy atom. The van der Waals surface area contributed by atoms with E-state index in [9.17, 15) is 0 Å². The van der Waals surface area contributed by atoms with Gasteiger partial charge in [-0.3, -0.25) is 0 Å². The third-order valence-electron chi connectivity index (χ3n) is 3.94. The van der Waals surface area contributed by atoms with Crippen molar-refractivity contribution >= 4 is 5.69 Å². The molecule has 1 aliphatic heterocycles. The molecule has 0 aromatic heterocycles. The largest absolute Gasteiger partial charge is 0.376 e. The Labute approximate surface area is 116 Å². The van der Waals surface area contributed by atoms with Crippen LogP contribution in [0.15, 0.2) is 24.3 Å². The van der Waals surface area contributed by atoms with Gasteiger partial charge in [-0.2, -0.15) is 0 Å². The van der Waals surface area contributed by atoms with Crippen LogP contribution < -0.4 is 10.6 Å². The molecule has 2 N–H and O–H groups in total. The lowest BCUT2D eigenvalue weighted by molar-refractivity contribution is 0.0216. The number of hydrogen-bond acceptors (Lipinski definition) is 3. The lowest BCUT2D eigenvalue weighted by atomic mass is 10.0. The molecule has 0 aliphatic carbocycles. The van der Waals surface area contributed by atoms with Gasteiger partial charge < -0.3 is 15.4 Å². The molecule has 1 unspecified atom stereocenters. The van der Waals surface area contributed by atoms with Crippen LogP contribution in [0.4, 0.5) is 5.69 Å². The quantitative estimate of drug-likeness (QED) is 0.886. The Bertz CT molecular complexity index is 388. The average molecular weight is 262 g/mol. The summed E-state index contributed by atoms with van der Waals surface area (Å²) in [7, 11) is 2.14. The minimum Gasteiger partial charge on any atom is -0.376 e. The number of hydrogen-bond donors (Lipinski definition) is 1. The van der Waals surface area contributed by atoms with Gasteiger partial charge in [0.15, 0.2) is 0 Å². The summed E-state index contributed by atoms with van der Waals surface area (Å²) in [5.41, 5.74) is 8.69. The van der Waals surface area contributed by atoms with Crippen LogP contribution in [-0.2, 0) is 4.74 Å². The van der Waals surface area contributed by atoms with E-state index in [0.29, 0.717) is 6.10 Å². The normalized spacial score (nSPS) is 21.1. The van der Waals surface area contributed by atoms with Crippen molar-refractivity contribution in [3.05, 3.63) is 29.8 Å². The van der Waals surface area contributed by atoms with E-state index in [4.69, 9.17) is 10.5 Å². The maximum Gasteiger partial charge on any atom is 0.0749 e. The maximum atomic E-state index is 6.21. The van der Waals surface area contributed by atoms with Crippen LogP contribution >= 0.6 is 0 Å². The smallest absolute Gasteiger partial charge is 0.0749 e. The number of ether oxygens (including phenoxy) is 1. The molecule has 0 bridgehead atoms. The zero-order valence-electron chi connectivity index (χ0n) is 12.1. The van der Waals surface area contributed by atoms with Crippen molar-refractivity contribution in [3.8, 4) is 0 Å². The monoisotopic (exact) mass is 262 g/mol. The van der Waals surface area contributed by atoms with Crippen LogP contribution in [0, 0.1) is 0 Å². The van der Waals surface area contributed by atoms with Crippen LogP contribution in [0.25, 0.3) is 0 Å². The summed E-state index contributed by atoms with van der Waals surface area (Å²) in [5.74, 6) is 0. The van der Waals surface area contributed by atoms with Gasteiger partial charge in [0.2, 0.25) is 0 Å². The zero-order valence-corrected chi connectivity index (χ0v) is 12.1. The van der Waals surface area contributed by atoms with E-state index in [0.717, 1.165) is 19.6 Å². The van der Waals surface area contributed by atoms with E-state index in [1.807, 2.05) is 0 Å². The molecule has 1 fully saturated rings. The first-order valence-electron chi connectivity index (χ1n) is 7.39. The number of benzene rings is 1. The van der Waals surface area contributed by atoms with Crippen LogP contribution in [0.3, 0.4) is 0 Å². The molecular formula is C16H26N2O. The minimum atomic E-state index is 0.117. The summed E-state index contributed by atoms with van der Waals surface area (Å²) in [6, 6.07) is 8.57. The number of likely N-dealkylation sites (N-methyl/N-ethyl adjacent to an activating group) is 1. The van der Waals surface area contributed by atoms with Gasteiger partial charge in [0.25, 0.3) is 0 Å². The number of anilines is 1. The standard InChI is InChI=1S/C16H26N2O/c1-3-15(17)14-9-4-5-10-16(14)18(2)12-13-8-6-7-11-19-13/h4-5,9-10,13,15H,3,6-8,11-12,17H2,1-2H3/t13?,15-/m0/s1. The Morgan fingerprint density at radius 1 is 1.37 bits per heavy atom. The first kappa shape index (κ1) is 14.4. The number of para-hydroxylation sites is 1. The molecule has 1 saturated heterocycles. The molecule has 2 atom stereocenters. The highest BCUT2D eigenvalue weighted by Crippen LogP contribution is 2.27. The summed E-state index contributed by atoms with van der Waals surface area (Å²) in [4.78, 5) is 2.29. The maximum absolute atomic E-state index is 6.21.